The summed E-state index contributed by atoms with van der Waals surface area (Å²) in [6.45, 7) is 0. The van der Waals surface area contributed by atoms with Gasteiger partial charge in [-0.15, -0.1) is 10.9 Å². The van der Waals surface area contributed by atoms with Crippen molar-refractivity contribution in [2.45, 2.75) is 0 Å². The van der Waals surface area contributed by atoms with E-state index in [9.17, 15) is 0 Å². The molecule has 0 N–H and O–H groups in total. The molecule has 0 aliphatic rings. The lowest BCUT2D eigenvalue weighted by Gasteiger charge is -2.19. The molecule has 12 aromatic rings. The van der Waals surface area contributed by atoms with Gasteiger partial charge in [0.15, 0.2) is 0 Å². The van der Waals surface area contributed by atoms with Crippen LogP contribution < -0.4 is 38.2 Å². The summed E-state index contributed by atoms with van der Waals surface area (Å²) in [5.74, 6) is 0. The monoisotopic (exact) mass is 858 g/mol. The van der Waals surface area contributed by atoms with E-state index in [0.717, 1.165) is 83.3 Å². The van der Waals surface area contributed by atoms with Gasteiger partial charge in [-0.05, 0) is 104 Å². The van der Waals surface area contributed by atoms with Crippen molar-refractivity contribution >= 4 is 137 Å². The molecule has 69 heavy (non-hydrogen) atoms. The van der Waals surface area contributed by atoms with Gasteiger partial charge in [0.2, 0.25) is 0 Å². The Labute approximate surface area is 410 Å². The molecule has 0 aliphatic heterocycles. The maximum Gasteiger partial charge on any atom is 0.115 e. The molecule has 0 spiro atoms. The van der Waals surface area contributed by atoms with Crippen LogP contribution in [-0.4, -0.2) is 64.1 Å². The molecule has 0 saturated carbocycles. The van der Waals surface area contributed by atoms with Crippen molar-refractivity contribution in [3.05, 3.63) is 200 Å². The fraction of sp³-hybridized carbons (Fsp3) is 0. The van der Waals surface area contributed by atoms with E-state index >= 15 is 0 Å². The molecular formula is C60H33B7N2. The average Bonchev–Trinajstić information content (AvgIpc) is 3.94. The van der Waals surface area contributed by atoms with Gasteiger partial charge in [0.1, 0.15) is 54.9 Å². The van der Waals surface area contributed by atoms with Crippen LogP contribution in [0.1, 0.15) is 0 Å². The Hall–Kier alpha value is -7.75. The third-order valence-electron chi connectivity index (χ3n) is 13.7. The first-order valence-corrected chi connectivity index (χ1v) is 22.8. The van der Waals surface area contributed by atoms with Crippen molar-refractivity contribution in [2.24, 2.45) is 0 Å². The van der Waals surface area contributed by atoms with Crippen molar-refractivity contribution in [1.82, 2.24) is 9.13 Å². The number of fused-ring (bicyclic) bond motifs is 6. The smallest absolute Gasteiger partial charge is 0.115 e. The number of benzene rings is 10. The van der Waals surface area contributed by atoms with Gasteiger partial charge in [0.25, 0.3) is 0 Å². The highest BCUT2D eigenvalue weighted by atomic mass is 15.0. The van der Waals surface area contributed by atoms with Crippen LogP contribution in [-0.2, 0) is 0 Å². The molecule has 0 aliphatic carbocycles. The van der Waals surface area contributed by atoms with E-state index in [0.29, 0.717) is 43.8 Å². The summed E-state index contributed by atoms with van der Waals surface area (Å²) in [6.07, 6.45) is 0. The first-order valence-electron chi connectivity index (χ1n) is 22.8. The van der Waals surface area contributed by atoms with Crippen LogP contribution in [0.3, 0.4) is 0 Å². The third-order valence-corrected chi connectivity index (χ3v) is 13.7. The third kappa shape index (κ3) is 6.81. The van der Waals surface area contributed by atoms with E-state index in [1.807, 2.05) is 47.0 Å². The zero-order valence-corrected chi connectivity index (χ0v) is 37.5. The number of aromatic nitrogens is 2. The minimum absolute atomic E-state index is 0.170. The van der Waals surface area contributed by atoms with Gasteiger partial charge in [-0.1, -0.05) is 179 Å². The Morgan fingerprint density at radius 3 is 1.32 bits per heavy atom. The highest BCUT2D eigenvalue weighted by Crippen LogP contribution is 2.40. The zero-order valence-electron chi connectivity index (χ0n) is 37.5. The maximum atomic E-state index is 7.46. The second-order valence-corrected chi connectivity index (χ2v) is 17.6. The Kier molecular flexibility index (Phi) is 10.4. The first-order chi connectivity index (χ1) is 33.7. The lowest BCUT2D eigenvalue weighted by Crippen LogP contribution is -2.48. The molecule has 0 atom stereocenters. The fourth-order valence-corrected chi connectivity index (χ4v) is 10.4. The molecule has 14 radical (unpaired) electrons. The van der Waals surface area contributed by atoms with Crippen molar-refractivity contribution in [3.8, 4) is 67.0 Å². The first kappa shape index (κ1) is 42.6. The molecule has 0 unspecified atom stereocenters. The van der Waals surface area contributed by atoms with Crippen molar-refractivity contribution in [2.75, 3.05) is 0 Å². The van der Waals surface area contributed by atoms with Gasteiger partial charge in [-0.3, -0.25) is 0 Å². The SMILES string of the molecule is [B]c1c([B])c([B])c2c(c1[B])c1c([B])c(-c3ccc4c(c3)c3cc(-c5ccccc5)ccc3n4-c3ccccc3-c3ccccc3)c([B])c([B])c1n2-c1ccc(-c2cccc(-c3ccccc3)c2)cc1. The van der Waals surface area contributed by atoms with Gasteiger partial charge in [0.05, 0.1) is 16.7 Å². The maximum absolute atomic E-state index is 7.46. The van der Waals surface area contributed by atoms with Crippen LogP contribution in [0.5, 0.6) is 0 Å². The summed E-state index contributed by atoms with van der Waals surface area (Å²) in [5.41, 5.74) is 17.0. The van der Waals surface area contributed by atoms with Crippen LogP contribution in [0.15, 0.2) is 200 Å². The predicted molar refractivity (Wildman–Crippen MR) is 300 cm³/mol. The summed E-state index contributed by atoms with van der Waals surface area (Å²) in [6, 6.07) is 69.4. The van der Waals surface area contributed by atoms with E-state index < -0.39 is 0 Å². The van der Waals surface area contributed by atoms with Crippen LogP contribution in [0.2, 0.25) is 0 Å². The number of para-hydroxylation sites is 1. The summed E-state index contributed by atoms with van der Waals surface area (Å²) < 4.78 is 4.29. The summed E-state index contributed by atoms with van der Waals surface area (Å²) >= 11 is 0. The minimum Gasteiger partial charge on any atom is -0.311 e. The van der Waals surface area contributed by atoms with E-state index in [2.05, 4.69) is 162 Å². The van der Waals surface area contributed by atoms with Crippen molar-refractivity contribution in [3.63, 3.8) is 0 Å². The van der Waals surface area contributed by atoms with Gasteiger partial charge in [-0.2, -0.15) is 0 Å². The Morgan fingerprint density at radius 2 is 0.710 bits per heavy atom. The van der Waals surface area contributed by atoms with Gasteiger partial charge in [-0.25, -0.2) is 0 Å². The van der Waals surface area contributed by atoms with Crippen molar-refractivity contribution < 1.29 is 0 Å². The number of hydrogen-bond acceptors (Lipinski definition) is 0. The topological polar surface area (TPSA) is 9.86 Å². The van der Waals surface area contributed by atoms with E-state index in [1.165, 1.54) is 0 Å². The fourth-order valence-electron chi connectivity index (χ4n) is 10.4. The van der Waals surface area contributed by atoms with E-state index in [4.69, 9.17) is 54.9 Å². The van der Waals surface area contributed by atoms with Crippen LogP contribution in [0, 0.1) is 0 Å². The Morgan fingerprint density at radius 1 is 0.275 bits per heavy atom. The second-order valence-electron chi connectivity index (χ2n) is 17.6. The molecular weight excluding hydrogens is 824 g/mol. The lowest BCUT2D eigenvalue weighted by molar-refractivity contribution is 1.18. The molecule has 2 nitrogen and oxygen atoms in total. The zero-order chi connectivity index (χ0) is 47.1. The number of rotatable bonds is 7. The largest absolute Gasteiger partial charge is 0.311 e. The second kappa shape index (κ2) is 16.8. The van der Waals surface area contributed by atoms with Gasteiger partial charge >= 0.3 is 0 Å². The van der Waals surface area contributed by atoms with Crippen LogP contribution in [0.4, 0.5) is 0 Å². The quantitative estimate of drug-likeness (QED) is 0.145. The standard InChI is InChI=1S/C60H33B7N2/c61-52-49(41-26-30-48-45(33-41)44-32-40(35-15-6-2-7-16-35)25-29-47(44)69(48)46-22-11-10-21-43(46)37-17-8-3-9-18-37)53(62)57(66)59-50(52)51-54(63)55(64)56(65)58(67)60(51)68(59)42-27-23-36(24-28-42)39-20-12-19-38(31-39)34-13-4-1-5-14-34/h1-33H. The molecule has 2 heterocycles. The molecule has 0 bridgehead atoms. The van der Waals surface area contributed by atoms with E-state index in [-0.39, 0.29) is 21.9 Å². The van der Waals surface area contributed by atoms with Crippen molar-refractivity contribution in [1.29, 1.82) is 0 Å². The molecule has 9 heteroatoms. The van der Waals surface area contributed by atoms with Crippen LogP contribution in [0.25, 0.3) is 111 Å². The Bertz CT molecular complexity index is 4010. The lowest BCUT2D eigenvalue weighted by atomic mass is 9.64. The summed E-state index contributed by atoms with van der Waals surface area (Å²) in [5, 5.41) is 3.20. The molecule has 2 aromatic heterocycles. The number of hydrogen-bond donors (Lipinski definition) is 0. The average molecular weight is 858 g/mol. The molecule has 10 aromatic carbocycles. The van der Waals surface area contributed by atoms with E-state index in [1.54, 1.807) is 0 Å². The molecule has 304 valence electrons. The Balaban J connectivity index is 1.08. The molecule has 12 rings (SSSR count). The summed E-state index contributed by atoms with van der Waals surface area (Å²) in [7, 11) is 49.1. The highest BCUT2D eigenvalue weighted by molar-refractivity contribution is 6.69. The molecule has 0 fully saturated rings. The molecule has 0 saturated heterocycles. The highest BCUT2D eigenvalue weighted by Gasteiger charge is 2.25. The number of nitrogens with zero attached hydrogens (tertiary/aromatic N) is 2. The minimum atomic E-state index is 0.170. The van der Waals surface area contributed by atoms with Gasteiger partial charge in [0, 0.05) is 38.4 Å². The van der Waals surface area contributed by atoms with Gasteiger partial charge < -0.3 is 9.13 Å². The molecule has 0 amide bonds. The predicted octanol–water partition coefficient (Wildman–Crippen LogP) is 7.77. The summed E-state index contributed by atoms with van der Waals surface area (Å²) in [4.78, 5) is 0. The van der Waals surface area contributed by atoms with Crippen LogP contribution >= 0.6 is 0 Å². The normalized spacial score (nSPS) is 11.6.